The van der Waals surface area contributed by atoms with Crippen LogP contribution in [0.2, 0.25) is 0 Å². The summed E-state index contributed by atoms with van der Waals surface area (Å²) in [5.74, 6) is -1.04. The zero-order valence-electron chi connectivity index (χ0n) is 9.98. The molecule has 1 fully saturated rings. The Balaban J connectivity index is 2.32. The Morgan fingerprint density at radius 3 is 2.83 bits per heavy atom. The fraction of sp³-hybridized carbons (Fsp3) is 0.500. The van der Waals surface area contributed by atoms with Gasteiger partial charge in [-0.25, -0.2) is 4.79 Å². The van der Waals surface area contributed by atoms with Crippen LogP contribution < -0.4 is 0 Å². The van der Waals surface area contributed by atoms with Crippen LogP contribution in [0.1, 0.15) is 36.5 Å². The molecule has 0 spiro atoms. The van der Waals surface area contributed by atoms with Gasteiger partial charge in [0.2, 0.25) is 0 Å². The Morgan fingerprint density at radius 2 is 2.33 bits per heavy atom. The molecule has 0 bridgehead atoms. The summed E-state index contributed by atoms with van der Waals surface area (Å²) in [5, 5.41) is 11.2. The van der Waals surface area contributed by atoms with Gasteiger partial charge in [0.1, 0.15) is 5.54 Å². The first kappa shape index (κ1) is 13.8. The minimum Gasteiger partial charge on any atom is -0.479 e. The molecule has 2 heterocycles. The van der Waals surface area contributed by atoms with Crippen LogP contribution >= 0.6 is 33.9 Å². The van der Waals surface area contributed by atoms with E-state index in [1.165, 1.54) is 16.2 Å². The Kier molecular flexibility index (Phi) is 3.96. The van der Waals surface area contributed by atoms with Gasteiger partial charge in [-0.15, -0.1) is 11.3 Å². The van der Waals surface area contributed by atoms with Crippen molar-refractivity contribution in [1.82, 2.24) is 4.90 Å². The summed E-state index contributed by atoms with van der Waals surface area (Å²) in [6.07, 6.45) is 1.76. The summed E-state index contributed by atoms with van der Waals surface area (Å²) < 4.78 is 1.03. The fourth-order valence-corrected chi connectivity index (χ4v) is 3.81. The van der Waals surface area contributed by atoms with Gasteiger partial charge in [0.15, 0.2) is 0 Å². The molecule has 0 aromatic carbocycles. The van der Waals surface area contributed by atoms with Crippen LogP contribution in [0.15, 0.2) is 11.4 Å². The van der Waals surface area contributed by atoms with Crippen molar-refractivity contribution in [3.05, 3.63) is 19.9 Å². The highest BCUT2D eigenvalue weighted by molar-refractivity contribution is 14.1. The number of carbonyl (C=O) groups is 2. The molecule has 1 aliphatic rings. The third-order valence-corrected chi connectivity index (χ3v) is 5.32. The highest BCUT2D eigenvalue weighted by Crippen LogP contribution is 2.34. The molecule has 4 nitrogen and oxygen atoms in total. The van der Waals surface area contributed by atoms with E-state index in [1.54, 1.807) is 5.38 Å². The molecule has 1 aromatic rings. The molecule has 1 aliphatic heterocycles. The number of amides is 1. The topological polar surface area (TPSA) is 57.6 Å². The van der Waals surface area contributed by atoms with E-state index in [9.17, 15) is 14.7 Å². The number of carboxylic acid groups (broad SMARTS) is 1. The van der Waals surface area contributed by atoms with Gasteiger partial charge in [-0.2, -0.15) is 0 Å². The molecule has 0 radical (unpaired) electrons. The van der Waals surface area contributed by atoms with Crippen LogP contribution in [0.5, 0.6) is 0 Å². The standard InChI is InChI=1S/C12H14INO3S/c1-2-12(11(16)17)4-3-5-14(12)10(15)8-6-9(13)18-7-8/h6-7H,2-5H2,1H3,(H,16,17). The molecule has 1 amide bonds. The summed E-state index contributed by atoms with van der Waals surface area (Å²) >= 11 is 3.66. The first-order valence-electron chi connectivity index (χ1n) is 5.80. The molecule has 2 rings (SSSR count). The van der Waals surface area contributed by atoms with Crippen LogP contribution in [0.25, 0.3) is 0 Å². The smallest absolute Gasteiger partial charge is 0.329 e. The Labute approximate surface area is 123 Å². The van der Waals surface area contributed by atoms with E-state index in [4.69, 9.17) is 0 Å². The highest BCUT2D eigenvalue weighted by Gasteiger charge is 2.48. The minimum atomic E-state index is -1.01. The molecule has 1 atom stereocenters. The lowest BCUT2D eigenvalue weighted by Crippen LogP contribution is -2.52. The van der Waals surface area contributed by atoms with Gasteiger partial charge in [-0.3, -0.25) is 4.79 Å². The van der Waals surface area contributed by atoms with E-state index < -0.39 is 11.5 Å². The van der Waals surface area contributed by atoms with Crippen molar-refractivity contribution >= 4 is 45.8 Å². The number of carbonyl (C=O) groups excluding carboxylic acids is 1. The first-order valence-corrected chi connectivity index (χ1v) is 7.76. The van der Waals surface area contributed by atoms with Gasteiger partial charge < -0.3 is 10.0 Å². The van der Waals surface area contributed by atoms with E-state index in [0.717, 1.165) is 9.30 Å². The summed E-state index contributed by atoms with van der Waals surface area (Å²) in [6, 6.07) is 1.81. The number of hydrogen-bond acceptors (Lipinski definition) is 3. The number of hydrogen-bond donors (Lipinski definition) is 1. The Morgan fingerprint density at radius 1 is 1.61 bits per heavy atom. The molecule has 18 heavy (non-hydrogen) atoms. The number of carboxylic acids is 1. The molecule has 1 N–H and O–H groups in total. The molecule has 0 saturated carbocycles. The van der Waals surface area contributed by atoms with Crippen molar-refractivity contribution in [3.8, 4) is 0 Å². The van der Waals surface area contributed by atoms with E-state index in [2.05, 4.69) is 22.6 Å². The predicted molar refractivity (Wildman–Crippen MR) is 78.0 cm³/mol. The largest absolute Gasteiger partial charge is 0.479 e. The normalized spacial score (nSPS) is 23.3. The second kappa shape index (κ2) is 5.16. The molecule has 98 valence electrons. The average Bonchev–Trinajstić information content (AvgIpc) is 2.94. The summed E-state index contributed by atoms with van der Waals surface area (Å²) in [5.41, 5.74) is -0.407. The second-order valence-corrected chi connectivity index (χ2v) is 7.20. The van der Waals surface area contributed by atoms with Gasteiger partial charge in [0.25, 0.3) is 5.91 Å². The third kappa shape index (κ3) is 2.16. The monoisotopic (exact) mass is 379 g/mol. The second-order valence-electron chi connectivity index (χ2n) is 4.39. The number of aliphatic carboxylic acids is 1. The van der Waals surface area contributed by atoms with Gasteiger partial charge in [0, 0.05) is 11.9 Å². The van der Waals surface area contributed by atoms with E-state index >= 15 is 0 Å². The van der Waals surface area contributed by atoms with Gasteiger partial charge >= 0.3 is 5.97 Å². The van der Waals surface area contributed by atoms with Crippen molar-refractivity contribution in [2.45, 2.75) is 31.7 Å². The van der Waals surface area contributed by atoms with Gasteiger partial charge in [-0.1, -0.05) is 6.92 Å². The van der Waals surface area contributed by atoms with Crippen molar-refractivity contribution in [3.63, 3.8) is 0 Å². The predicted octanol–water partition coefficient (Wildman–Crippen LogP) is 2.82. The maximum atomic E-state index is 12.4. The SMILES string of the molecule is CCC1(C(=O)O)CCCN1C(=O)c1csc(I)c1. The molecule has 1 saturated heterocycles. The molecule has 0 aliphatic carbocycles. The average molecular weight is 379 g/mol. The van der Waals surface area contributed by atoms with Crippen molar-refractivity contribution in [2.24, 2.45) is 0 Å². The number of nitrogens with zero attached hydrogens (tertiary/aromatic N) is 1. The van der Waals surface area contributed by atoms with Crippen LogP contribution in [-0.2, 0) is 4.79 Å². The Bertz CT molecular complexity index is 487. The molecule has 1 unspecified atom stereocenters. The summed E-state index contributed by atoms with van der Waals surface area (Å²) in [6.45, 7) is 2.36. The first-order chi connectivity index (χ1) is 8.51. The Hall–Kier alpha value is -0.630. The van der Waals surface area contributed by atoms with Crippen LogP contribution in [0.3, 0.4) is 0 Å². The fourth-order valence-electron chi connectivity index (χ4n) is 2.49. The van der Waals surface area contributed by atoms with E-state index in [0.29, 0.717) is 24.9 Å². The number of halogens is 1. The van der Waals surface area contributed by atoms with Gasteiger partial charge in [-0.05, 0) is 47.9 Å². The van der Waals surface area contributed by atoms with Gasteiger partial charge in [0.05, 0.1) is 8.45 Å². The minimum absolute atomic E-state index is 0.157. The van der Waals surface area contributed by atoms with Crippen LogP contribution in [0.4, 0.5) is 0 Å². The van der Waals surface area contributed by atoms with Crippen LogP contribution in [-0.4, -0.2) is 34.0 Å². The molecular formula is C12H14INO3S. The maximum absolute atomic E-state index is 12.4. The van der Waals surface area contributed by atoms with E-state index in [-0.39, 0.29) is 5.91 Å². The lowest BCUT2D eigenvalue weighted by atomic mass is 9.92. The molecular weight excluding hydrogens is 365 g/mol. The zero-order chi connectivity index (χ0) is 13.3. The van der Waals surface area contributed by atoms with E-state index in [1.807, 2.05) is 13.0 Å². The molecule has 6 heteroatoms. The maximum Gasteiger partial charge on any atom is 0.329 e. The third-order valence-electron chi connectivity index (χ3n) is 3.53. The molecule has 1 aromatic heterocycles. The number of rotatable bonds is 3. The summed E-state index contributed by atoms with van der Waals surface area (Å²) in [7, 11) is 0. The quantitative estimate of drug-likeness (QED) is 0.822. The summed E-state index contributed by atoms with van der Waals surface area (Å²) in [4.78, 5) is 25.5. The van der Waals surface area contributed by atoms with Crippen molar-refractivity contribution < 1.29 is 14.7 Å². The van der Waals surface area contributed by atoms with Crippen LogP contribution in [0, 0.1) is 2.88 Å². The van der Waals surface area contributed by atoms with Crippen molar-refractivity contribution in [1.29, 1.82) is 0 Å². The number of thiophene rings is 1. The zero-order valence-corrected chi connectivity index (χ0v) is 13.0. The lowest BCUT2D eigenvalue weighted by molar-refractivity contribution is -0.148. The van der Waals surface area contributed by atoms with Crippen molar-refractivity contribution in [2.75, 3.05) is 6.54 Å². The highest BCUT2D eigenvalue weighted by atomic mass is 127. The number of likely N-dealkylation sites (tertiary alicyclic amines) is 1. The lowest BCUT2D eigenvalue weighted by Gasteiger charge is -2.33.